The lowest BCUT2D eigenvalue weighted by molar-refractivity contribution is -0.109. The molecular formula is C31H40N2O2. The van der Waals surface area contributed by atoms with Crippen LogP contribution < -0.4 is 11.1 Å². The number of aldehydes is 1. The fourth-order valence-corrected chi connectivity index (χ4v) is 4.32. The molecule has 0 aromatic heterocycles. The molecule has 1 heterocycles. The topological polar surface area (TPSA) is 64.4 Å². The summed E-state index contributed by atoms with van der Waals surface area (Å²) in [6.45, 7) is 1.40. The number of ether oxygens (including phenoxy) is 1. The van der Waals surface area contributed by atoms with Crippen LogP contribution in [0.25, 0.3) is 0 Å². The molecule has 1 fully saturated rings. The number of rotatable bonds is 12. The van der Waals surface area contributed by atoms with Gasteiger partial charge in [-0.2, -0.15) is 0 Å². The van der Waals surface area contributed by atoms with E-state index in [-0.39, 0.29) is 12.1 Å². The highest BCUT2D eigenvalue weighted by atomic mass is 16.5. The van der Waals surface area contributed by atoms with E-state index < -0.39 is 0 Å². The summed E-state index contributed by atoms with van der Waals surface area (Å²) in [6, 6.07) is 31.7. The van der Waals surface area contributed by atoms with E-state index in [9.17, 15) is 4.79 Å². The van der Waals surface area contributed by atoms with Crippen LogP contribution in [-0.2, 0) is 29.0 Å². The highest BCUT2D eigenvalue weighted by Gasteiger charge is 2.23. The fraction of sp³-hybridized carbons (Fsp3) is 0.387. The highest BCUT2D eigenvalue weighted by Crippen LogP contribution is 2.12. The Morgan fingerprint density at radius 1 is 0.800 bits per heavy atom. The molecule has 4 heteroatoms. The lowest BCUT2D eigenvalue weighted by Crippen LogP contribution is -2.22. The summed E-state index contributed by atoms with van der Waals surface area (Å²) < 4.78 is 5.70. The summed E-state index contributed by atoms with van der Waals surface area (Å²) in [4.78, 5) is 10.5. The maximum atomic E-state index is 10.5. The van der Waals surface area contributed by atoms with Crippen LogP contribution in [0.3, 0.4) is 0 Å². The average molecular weight is 473 g/mol. The van der Waals surface area contributed by atoms with Crippen molar-refractivity contribution >= 4 is 6.29 Å². The first-order chi connectivity index (χ1) is 17.2. The highest BCUT2D eigenvalue weighted by molar-refractivity contribution is 5.58. The normalized spacial score (nSPS) is 17.1. The molecule has 0 spiro atoms. The van der Waals surface area contributed by atoms with Crippen molar-refractivity contribution in [2.24, 2.45) is 5.73 Å². The van der Waals surface area contributed by atoms with Crippen molar-refractivity contribution in [1.29, 1.82) is 0 Å². The Hall–Kier alpha value is -2.79. The van der Waals surface area contributed by atoms with Crippen molar-refractivity contribution in [3.8, 4) is 0 Å². The molecule has 0 radical (unpaired) electrons. The Bertz CT molecular complexity index is 888. The van der Waals surface area contributed by atoms with E-state index >= 15 is 0 Å². The van der Waals surface area contributed by atoms with Crippen LogP contribution in [0.15, 0.2) is 91.0 Å². The number of aryl methyl sites for hydroxylation is 2. The molecule has 3 aromatic rings. The molecule has 0 aliphatic carbocycles. The molecule has 0 bridgehead atoms. The minimum Gasteiger partial charge on any atom is -0.372 e. The summed E-state index contributed by atoms with van der Waals surface area (Å²) in [5.74, 6) is 0. The molecule has 3 aromatic carbocycles. The molecule has 2 unspecified atom stereocenters. The second-order valence-corrected chi connectivity index (χ2v) is 9.32. The first-order valence-corrected chi connectivity index (χ1v) is 12.9. The third-order valence-electron chi connectivity index (χ3n) is 6.38. The molecule has 186 valence electrons. The van der Waals surface area contributed by atoms with E-state index in [1.807, 2.05) is 30.3 Å². The molecular weight excluding hydrogens is 432 g/mol. The molecule has 0 saturated carbocycles. The third-order valence-corrected chi connectivity index (χ3v) is 6.38. The van der Waals surface area contributed by atoms with Gasteiger partial charge >= 0.3 is 0 Å². The fourth-order valence-electron chi connectivity index (χ4n) is 4.32. The molecule has 4 rings (SSSR count). The maximum Gasteiger partial charge on any atom is 0.136 e. The Kier molecular flexibility index (Phi) is 12.2. The molecule has 0 amide bonds. The van der Waals surface area contributed by atoms with Crippen molar-refractivity contribution in [1.82, 2.24) is 5.32 Å². The van der Waals surface area contributed by atoms with Crippen molar-refractivity contribution < 1.29 is 9.53 Å². The van der Waals surface area contributed by atoms with Gasteiger partial charge in [0.1, 0.15) is 6.29 Å². The summed E-state index contributed by atoms with van der Waals surface area (Å²) in [5, 5.41) is 3.10. The number of benzene rings is 3. The standard InChI is InChI=1S/C19H25N.C12H15NO2/c20-19(15-7-13-17-9-3-1-4-10-17)16-8-14-18-11-5-2-6-12-18;14-8-11-6-12(7-13-11)15-9-10-4-2-1-3-5-10/h1-6,9-12,19H,7-8,13-16,20H2;1-5,8,11-13H,6-7,9H2. The van der Waals surface area contributed by atoms with Gasteiger partial charge in [0, 0.05) is 12.6 Å². The van der Waals surface area contributed by atoms with Crippen LogP contribution in [0.2, 0.25) is 0 Å². The Morgan fingerprint density at radius 2 is 1.29 bits per heavy atom. The van der Waals surface area contributed by atoms with Crippen molar-refractivity contribution in [3.05, 3.63) is 108 Å². The van der Waals surface area contributed by atoms with Gasteiger partial charge in [-0.3, -0.25) is 0 Å². The van der Waals surface area contributed by atoms with Gasteiger partial charge in [-0.05, 0) is 61.6 Å². The lowest BCUT2D eigenvalue weighted by Gasteiger charge is -2.11. The number of carbonyl (C=O) groups is 1. The number of hydrogen-bond acceptors (Lipinski definition) is 4. The number of hydrogen-bond donors (Lipinski definition) is 2. The first kappa shape index (κ1) is 26.8. The van der Waals surface area contributed by atoms with Gasteiger partial charge in [0.25, 0.3) is 0 Å². The molecule has 2 atom stereocenters. The van der Waals surface area contributed by atoms with Gasteiger partial charge in [-0.1, -0.05) is 91.0 Å². The SMILES string of the molecule is NC(CCCc1ccccc1)CCCc1ccccc1.O=CC1CC(OCc2ccccc2)CN1. The van der Waals surface area contributed by atoms with Crippen LogP contribution in [0.1, 0.15) is 48.8 Å². The largest absolute Gasteiger partial charge is 0.372 e. The van der Waals surface area contributed by atoms with Gasteiger partial charge in [0.2, 0.25) is 0 Å². The molecule has 35 heavy (non-hydrogen) atoms. The van der Waals surface area contributed by atoms with Gasteiger partial charge in [-0.15, -0.1) is 0 Å². The number of nitrogens with one attached hydrogen (secondary N) is 1. The molecule has 1 saturated heterocycles. The minimum atomic E-state index is -0.0224. The minimum absolute atomic E-state index is 0.0224. The second kappa shape index (κ2) is 16.0. The third kappa shape index (κ3) is 11.0. The molecule has 3 N–H and O–H groups in total. The summed E-state index contributed by atoms with van der Waals surface area (Å²) in [7, 11) is 0. The zero-order valence-corrected chi connectivity index (χ0v) is 20.7. The Balaban J connectivity index is 0.000000203. The van der Waals surface area contributed by atoms with E-state index in [1.54, 1.807) is 0 Å². The van der Waals surface area contributed by atoms with E-state index in [2.05, 4.69) is 66.0 Å². The molecule has 1 aliphatic heterocycles. The quantitative estimate of drug-likeness (QED) is 0.342. The van der Waals surface area contributed by atoms with Gasteiger partial charge < -0.3 is 20.6 Å². The van der Waals surface area contributed by atoms with Crippen LogP contribution in [-0.4, -0.2) is 31.0 Å². The summed E-state index contributed by atoms with van der Waals surface area (Å²) >= 11 is 0. The van der Waals surface area contributed by atoms with Crippen molar-refractivity contribution in [2.45, 2.75) is 69.7 Å². The van der Waals surface area contributed by atoms with Crippen LogP contribution in [0.5, 0.6) is 0 Å². The predicted octanol–water partition coefficient (Wildman–Crippen LogP) is 5.49. The van der Waals surface area contributed by atoms with Crippen molar-refractivity contribution in [3.63, 3.8) is 0 Å². The number of carbonyl (C=O) groups excluding carboxylic acids is 1. The maximum absolute atomic E-state index is 10.5. The van der Waals surface area contributed by atoms with Gasteiger partial charge in [0.05, 0.1) is 18.8 Å². The molecule has 4 nitrogen and oxygen atoms in total. The second-order valence-electron chi connectivity index (χ2n) is 9.32. The van der Waals surface area contributed by atoms with E-state index in [1.165, 1.54) is 29.5 Å². The van der Waals surface area contributed by atoms with Crippen molar-refractivity contribution in [2.75, 3.05) is 6.54 Å². The van der Waals surface area contributed by atoms with E-state index in [4.69, 9.17) is 10.5 Å². The Morgan fingerprint density at radius 3 is 1.74 bits per heavy atom. The first-order valence-electron chi connectivity index (χ1n) is 12.9. The predicted molar refractivity (Wildman–Crippen MR) is 144 cm³/mol. The van der Waals surface area contributed by atoms with E-state index in [0.717, 1.165) is 44.9 Å². The van der Waals surface area contributed by atoms with Crippen LogP contribution >= 0.6 is 0 Å². The zero-order chi connectivity index (χ0) is 24.6. The summed E-state index contributed by atoms with van der Waals surface area (Å²) in [6.07, 6.45) is 8.84. The van der Waals surface area contributed by atoms with Gasteiger partial charge in [0.15, 0.2) is 0 Å². The zero-order valence-electron chi connectivity index (χ0n) is 20.7. The lowest BCUT2D eigenvalue weighted by atomic mass is 10.00. The Labute approximate surface area is 210 Å². The van der Waals surface area contributed by atoms with Gasteiger partial charge in [-0.25, -0.2) is 0 Å². The smallest absolute Gasteiger partial charge is 0.136 e. The van der Waals surface area contributed by atoms with E-state index in [0.29, 0.717) is 12.6 Å². The molecule has 1 aliphatic rings. The monoisotopic (exact) mass is 472 g/mol. The average Bonchev–Trinajstić information content (AvgIpc) is 3.38. The van der Waals surface area contributed by atoms with Crippen LogP contribution in [0, 0.1) is 0 Å². The summed E-state index contributed by atoms with van der Waals surface area (Å²) in [5.41, 5.74) is 10.2. The van der Waals surface area contributed by atoms with Crippen LogP contribution in [0.4, 0.5) is 0 Å². The number of nitrogens with two attached hydrogens (primary N) is 1.